The average Bonchev–Trinajstić information content (AvgIpc) is 2.55. The van der Waals surface area contributed by atoms with Crippen molar-refractivity contribution >= 4 is 12.1 Å². The molecule has 0 spiro atoms. The molecule has 0 radical (unpaired) electrons. The van der Waals surface area contributed by atoms with E-state index in [0.29, 0.717) is 17.0 Å². The fourth-order valence-electron chi connectivity index (χ4n) is 1.65. The Balaban J connectivity index is 2.01. The fraction of sp³-hybridized carbons (Fsp3) is 0.133. The first kappa shape index (κ1) is 14.7. The van der Waals surface area contributed by atoms with Crippen LogP contribution in [0.1, 0.15) is 21.6 Å². The van der Waals surface area contributed by atoms with E-state index in [1.54, 1.807) is 25.3 Å². The van der Waals surface area contributed by atoms with Crippen molar-refractivity contribution in [1.82, 2.24) is 10.4 Å². The molecule has 1 aromatic heterocycles. The van der Waals surface area contributed by atoms with Gasteiger partial charge in [-0.05, 0) is 24.3 Å². The zero-order valence-electron chi connectivity index (χ0n) is 11.5. The van der Waals surface area contributed by atoms with Gasteiger partial charge < -0.3 is 9.84 Å². The minimum atomic E-state index is -0.377. The van der Waals surface area contributed by atoms with E-state index >= 15 is 0 Å². The summed E-state index contributed by atoms with van der Waals surface area (Å²) in [5.41, 5.74) is 4.04. The second kappa shape index (κ2) is 7.16. The number of aliphatic hydroxyl groups is 1. The lowest BCUT2D eigenvalue weighted by molar-refractivity contribution is 0.0954. The Morgan fingerprint density at radius 2 is 2.19 bits per heavy atom. The number of nitrogens with one attached hydrogen (secondary N) is 1. The van der Waals surface area contributed by atoms with Gasteiger partial charge >= 0.3 is 0 Å². The van der Waals surface area contributed by atoms with Crippen LogP contribution in [0.2, 0.25) is 0 Å². The molecule has 108 valence electrons. The van der Waals surface area contributed by atoms with Crippen LogP contribution in [0.3, 0.4) is 0 Å². The summed E-state index contributed by atoms with van der Waals surface area (Å²) in [6, 6.07) is 10.5. The van der Waals surface area contributed by atoms with Gasteiger partial charge in [-0.2, -0.15) is 5.10 Å². The van der Waals surface area contributed by atoms with E-state index < -0.39 is 0 Å². The van der Waals surface area contributed by atoms with Crippen LogP contribution in [0.25, 0.3) is 0 Å². The highest BCUT2D eigenvalue weighted by molar-refractivity contribution is 5.94. The molecule has 6 nitrogen and oxygen atoms in total. The SMILES string of the molecule is COc1ccccc1/C=N\NC(=O)c1ccc(CO)nc1. The lowest BCUT2D eigenvalue weighted by Gasteiger charge is -2.03. The van der Waals surface area contributed by atoms with Gasteiger partial charge in [0.15, 0.2) is 0 Å². The van der Waals surface area contributed by atoms with Gasteiger partial charge in [-0.1, -0.05) is 12.1 Å². The first-order chi connectivity index (χ1) is 10.2. The third-order valence-electron chi connectivity index (χ3n) is 2.76. The standard InChI is InChI=1S/C15H15N3O3/c1-21-14-5-3-2-4-11(14)9-17-18-15(20)12-6-7-13(10-19)16-8-12/h2-9,19H,10H2,1H3,(H,18,20)/b17-9-. The van der Waals surface area contributed by atoms with Crippen LogP contribution in [-0.4, -0.2) is 29.3 Å². The average molecular weight is 285 g/mol. The highest BCUT2D eigenvalue weighted by atomic mass is 16.5. The Labute approximate surface area is 122 Å². The summed E-state index contributed by atoms with van der Waals surface area (Å²) in [7, 11) is 1.57. The maximum Gasteiger partial charge on any atom is 0.272 e. The van der Waals surface area contributed by atoms with Crippen LogP contribution >= 0.6 is 0 Å². The Kier molecular flexibility index (Phi) is 5.00. The molecule has 0 fully saturated rings. The molecular formula is C15H15N3O3. The quantitative estimate of drug-likeness (QED) is 0.641. The molecule has 21 heavy (non-hydrogen) atoms. The number of aliphatic hydroxyl groups excluding tert-OH is 1. The summed E-state index contributed by atoms with van der Waals surface area (Å²) >= 11 is 0. The molecule has 0 unspecified atom stereocenters. The van der Waals surface area contributed by atoms with Crippen LogP contribution in [0.5, 0.6) is 5.75 Å². The monoisotopic (exact) mass is 285 g/mol. The summed E-state index contributed by atoms with van der Waals surface area (Å²) in [6.07, 6.45) is 2.89. The van der Waals surface area contributed by atoms with E-state index in [0.717, 1.165) is 5.56 Å². The van der Waals surface area contributed by atoms with Gasteiger partial charge in [-0.25, -0.2) is 5.43 Å². The Morgan fingerprint density at radius 3 is 2.86 bits per heavy atom. The van der Waals surface area contributed by atoms with Gasteiger partial charge in [-0.3, -0.25) is 9.78 Å². The molecule has 6 heteroatoms. The number of pyridine rings is 1. The molecule has 0 aliphatic rings. The molecule has 0 bridgehead atoms. The number of methoxy groups -OCH3 is 1. The first-order valence-corrected chi connectivity index (χ1v) is 6.27. The van der Waals surface area contributed by atoms with Crippen molar-refractivity contribution in [3.05, 3.63) is 59.4 Å². The second-order valence-corrected chi connectivity index (χ2v) is 4.14. The molecular weight excluding hydrogens is 270 g/mol. The molecule has 2 N–H and O–H groups in total. The van der Waals surface area contributed by atoms with Crippen molar-refractivity contribution in [2.45, 2.75) is 6.61 Å². The van der Waals surface area contributed by atoms with Crippen molar-refractivity contribution < 1.29 is 14.6 Å². The van der Waals surface area contributed by atoms with Gasteiger partial charge in [0, 0.05) is 11.8 Å². The van der Waals surface area contributed by atoms with Crippen molar-refractivity contribution in [2.24, 2.45) is 5.10 Å². The van der Waals surface area contributed by atoms with E-state index in [1.807, 2.05) is 18.2 Å². The number of amides is 1. The normalized spacial score (nSPS) is 10.6. The number of hydrazone groups is 1. The van der Waals surface area contributed by atoms with E-state index in [9.17, 15) is 4.79 Å². The first-order valence-electron chi connectivity index (χ1n) is 6.27. The number of aromatic nitrogens is 1. The molecule has 0 aliphatic carbocycles. The van der Waals surface area contributed by atoms with E-state index in [2.05, 4.69) is 15.5 Å². The summed E-state index contributed by atoms with van der Waals surface area (Å²) in [5, 5.41) is 12.8. The minimum Gasteiger partial charge on any atom is -0.496 e. The zero-order chi connectivity index (χ0) is 15.1. The molecule has 0 saturated heterocycles. The van der Waals surface area contributed by atoms with Crippen LogP contribution in [-0.2, 0) is 6.61 Å². The molecule has 1 heterocycles. The van der Waals surface area contributed by atoms with E-state index in [1.165, 1.54) is 12.4 Å². The Morgan fingerprint density at radius 1 is 1.38 bits per heavy atom. The number of carbonyl (C=O) groups excluding carboxylic acids is 1. The number of ether oxygens (including phenoxy) is 1. The van der Waals surface area contributed by atoms with Crippen LogP contribution in [0.15, 0.2) is 47.7 Å². The van der Waals surface area contributed by atoms with Crippen LogP contribution < -0.4 is 10.2 Å². The maximum absolute atomic E-state index is 11.8. The maximum atomic E-state index is 11.8. The highest BCUT2D eigenvalue weighted by Gasteiger charge is 2.04. The largest absolute Gasteiger partial charge is 0.496 e. The van der Waals surface area contributed by atoms with Gasteiger partial charge in [0.25, 0.3) is 5.91 Å². The summed E-state index contributed by atoms with van der Waals surface area (Å²) in [5.74, 6) is 0.294. The summed E-state index contributed by atoms with van der Waals surface area (Å²) in [6.45, 7) is -0.159. The van der Waals surface area contributed by atoms with E-state index in [4.69, 9.17) is 9.84 Å². The smallest absolute Gasteiger partial charge is 0.272 e. The van der Waals surface area contributed by atoms with Gasteiger partial charge in [-0.15, -0.1) is 0 Å². The number of rotatable bonds is 5. The van der Waals surface area contributed by atoms with Crippen LogP contribution in [0, 0.1) is 0 Å². The molecule has 0 aliphatic heterocycles. The third-order valence-corrected chi connectivity index (χ3v) is 2.76. The lowest BCUT2D eigenvalue weighted by atomic mass is 10.2. The van der Waals surface area contributed by atoms with Crippen molar-refractivity contribution in [3.8, 4) is 5.75 Å². The van der Waals surface area contributed by atoms with Gasteiger partial charge in [0.2, 0.25) is 0 Å². The third kappa shape index (κ3) is 3.87. The van der Waals surface area contributed by atoms with Crippen molar-refractivity contribution in [1.29, 1.82) is 0 Å². The molecule has 0 atom stereocenters. The molecule has 2 aromatic rings. The number of hydrogen-bond donors (Lipinski definition) is 2. The van der Waals surface area contributed by atoms with Crippen molar-refractivity contribution in [2.75, 3.05) is 7.11 Å². The highest BCUT2D eigenvalue weighted by Crippen LogP contribution is 2.14. The lowest BCUT2D eigenvalue weighted by Crippen LogP contribution is -2.18. The summed E-state index contributed by atoms with van der Waals surface area (Å²) in [4.78, 5) is 15.8. The molecule has 1 amide bonds. The number of carbonyl (C=O) groups is 1. The number of para-hydroxylation sites is 1. The predicted molar refractivity (Wildman–Crippen MR) is 78.2 cm³/mol. The minimum absolute atomic E-state index is 0.159. The number of hydrogen-bond acceptors (Lipinski definition) is 5. The predicted octanol–water partition coefficient (Wildman–Crippen LogP) is 1.35. The van der Waals surface area contributed by atoms with Crippen LogP contribution in [0.4, 0.5) is 0 Å². The van der Waals surface area contributed by atoms with Gasteiger partial charge in [0.05, 0.1) is 31.2 Å². The molecule has 2 rings (SSSR count). The Hall–Kier alpha value is -2.73. The zero-order valence-corrected chi connectivity index (χ0v) is 11.5. The second-order valence-electron chi connectivity index (χ2n) is 4.14. The van der Waals surface area contributed by atoms with Gasteiger partial charge in [0.1, 0.15) is 5.75 Å². The topological polar surface area (TPSA) is 83.8 Å². The fourth-order valence-corrected chi connectivity index (χ4v) is 1.65. The summed E-state index contributed by atoms with van der Waals surface area (Å²) < 4.78 is 5.18. The Bertz CT molecular complexity index is 639. The molecule has 0 saturated carbocycles. The number of nitrogens with zero attached hydrogens (tertiary/aromatic N) is 2. The van der Waals surface area contributed by atoms with Crippen molar-refractivity contribution in [3.63, 3.8) is 0 Å². The number of benzene rings is 1. The molecule has 1 aromatic carbocycles. The van der Waals surface area contributed by atoms with E-state index in [-0.39, 0.29) is 12.5 Å².